The van der Waals surface area contributed by atoms with Crippen LogP contribution in [0, 0.1) is 6.92 Å². The summed E-state index contributed by atoms with van der Waals surface area (Å²) in [5.74, 6) is 0. The molecule has 1 heterocycles. The third kappa shape index (κ3) is 3.95. The lowest BCUT2D eigenvalue weighted by molar-refractivity contribution is 0.632. The lowest BCUT2D eigenvalue weighted by Gasteiger charge is -2.22. The van der Waals surface area contributed by atoms with Gasteiger partial charge in [0, 0.05) is 23.0 Å². The molecule has 0 saturated heterocycles. The molecule has 5 heteroatoms. The fraction of sp³-hybridized carbons (Fsp3) is 0.333. The van der Waals surface area contributed by atoms with Crippen LogP contribution in [-0.4, -0.2) is 16.0 Å². The minimum absolute atomic E-state index is 0.0466. The molecule has 2 atom stereocenters. The molecule has 0 saturated carbocycles. The number of benzene rings is 1. The molecule has 0 aliphatic rings. The van der Waals surface area contributed by atoms with Gasteiger partial charge in [-0.15, -0.1) is 0 Å². The third-order valence-electron chi connectivity index (χ3n) is 3.06. The predicted octanol–water partition coefficient (Wildman–Crippen LogP) is 4.01. The number of nitrogens with zero attached hydrogens (tertiary/aromatic N) is 2. The minimum Gasteiger partial charge on any atom is -0.326 e. The van der Waals surface area contributed by atoms with Crippen LogP contribution in [0.3, 0.4) is 0 Å². The van der Waals surface area contributed by atoms with Crippen molar-refractivity contribution >= 4 is 23.4 Å². The molecule has 0 aliphatic heterocycles. The van der Waals surface area contributed by atoms with Gasteiger partial charge in [-0.05, 0) is 37.1 Å². The maximum absolute atomic E-state index is 6.26. The van der Waals surface area contributed by atoms with Crippen LogP contribution in [0.2, 0.25) is 5.02 Å². The molecule has 3 nitrogen and oxygen atoms in total. The summed E-state index contributed by atoms with van der Waals surface area (Å²) in [7, 11) is 0. The zero-order valence-corrected chi connectivity index (χ0v) is 13.2. The number of nitrogens with two attached hydrogens (primary N) is 1. The first kappa shape index (κ1) is 15.3. The van der Waals surface area contributed by atoms with E-state index in [0.717, 1.165) is 27.9 Å². The Morgan fingerprint density at radius 3 is 2.55 bits per heavy atom. The molecule has 2 rings (SSSR count). The molecule has 106 valence electrons. The topological polar surface area (TPSA) is 51.8 Å². The molecule has 0 radical (unpaired) electrons. The van der Waals surface area contributed by atoms with E-state index in [-0.39, 0.29) is 11.3 Å². The van der Waals surface area contributed by atoms with E-state index in [2.05, 4.69) is 16.9 Å². The molecule has 1 aromatic heterocycles. The van der Waals surface area contributed by atoms with Crippen molar-refractivity contribution in [3.63, 3.8) is 0 Å². The molecule has 0 spiro atoms. The predicted molar refractivity (Wildman–Crippen MR) is 85.1 cm³/mol. The van der Waals surface area contributed by atoms with Gasteiger partial charge in [0.05, 0.1) is 5.25 Å². The van der Waals surface area contributed by atoms with Gasteiger partial charge in [0.25, 0.3) is 0 Å². The lowest BCUT2D eigenvalue weighted by Crippen LogP contribution is -2.25. The highest BCUT2D eigenvalue weighted by molar-refractivity contribution is 7.99. The summed E-state index contributed by atoms with van der Waals surface area (Å²) in [5, 5.41) is 1.61. The summed E-state index contributed by atoms with van der Waals surface area (Å²) in [6.45, 7) is 4.05. The van der Waals surface area contributed by atoms with E-state index in [1.165, 1.54) is 0 Å². The van der Waals surface area contributed by atoms with E-state index in [4.69, 9.17) is 17.3 Å². The van der Waals surface area contributed by atoms with Crippen LogP contribution in [0.4, 0.5) is 0 Å². The number of aromatic nitrogens is 2. The highest BCUT2D eigenvalue weighted by Crippen LogP contribution is 2.36. The monoisotopic (exact) mass is 307 g/mol. The Balaban J connectivity index is 2.26. The van der Waals surface area contributed by atoms with Crippen LogP contribution in [0.5, 0.6) is 0 Å². The molecule has 0 amide bonds. The number of hydrogen-bond donors (Lipinski definition) is 1. The van der Waals surface area contributed by atoms with Crippen LogP contribution in [0.15, 0.2) is 41.7 Å². The van der Waals surface area contributed by atoms with Gasteiger partial charge in [0.2, 0.25) is 0 Å². The van der Waals surface area contributed by atoms with Crippen molar-refractivity contribution in [1.29, 1.82) is 0 Å². The van der Waals surface area contributed by atoms with Crippen molar-refractivity contribution < 1.29 is 0 Å². The Kier molecular flexibility index (Phi) is 5.40. The maximum Gasteiger partial charge on any atom is 0.188 e. The fourth-order valence-electron chi connectivity index (χ4n) is 1.87. The summed E-state index contributed by atoms with van der Waals surface area (Å²) in [6, 6.07) is 9.76. The first-order chi connectivity index (χ1) is 9.60. The summed E-state index contributed by atoms with van der Waals surface area (Å²) in [5.41, 5.74) is 8.38. The van der Waals surface area contributed by atoms with Gasteiger partial charge < -0.3 is 5.73 Å². The Hall–Kier alpha value is -1.10. The molecule has 20 heavy (non-hydrogen) atoms. The van der Waals surface area contributed by atoms with Gasteiger partial charge in [0.1, 0.15) is 0 Å². The normalized spacial score (nSPS) is 14.0. The Morgan fingerprint density at radius 1 is 1.25 bits per heavy atom. The van der Waals surface area contributed by atoms with E-state index < -0.39 is 0 Å². The zero-order valence-electron chi connectivity index (χ0n) is 11.6. The van der Waals surface area contributed by atoms with Gasteiger partial charge in [-0.25, -0.2) is 9.97 Å². The van der Waals surface area contributed by atoms with E-state index in [1.807, 2.05) is 37.3 Å². The molecule has 2 unspecified atom stereocenters. The molecule has 2 aromatic rings. The van der Waals surface area contributed by atoms with Crippen molar-refractivity contribution in [2.45, 2.75) is 36.7 Å². The molecular formula is C15H18ClN3S. The third-order valence-corrected chi connectivity index (χ3v) is 4.60. The lowest BCUT2D eigenvalue weighted by atomic mass is 10.0. The summed E-state index contributed by atoms with van der Waals surface area (Å²) in [4.78, 5) is 8.75. The van der Waals surface area contributed by atoms with Gasteiger partial charge in [-0.3, -0.25) is 0 Å². The Bertz CT molecular complexity index is 559. The molecule has 0 aliphatic carbocycles. The van der Waals surface area contributed by atoms with Crippen LogP contribution in [0.1, 0.15) is 29.9 Å². The first-order valence-electron chi connectivity index (χ1n) is 6.57. The van der Waals surface area contributed by atoms with Crippen molar-refractivity contribution in [2.75, 3.05) is 0 Å². The molecular weight excluding hydrogens is 290 g/mol. The highest BCUT2D eigenvalue weighted by Gasteiger charge is 2.21. The van der Waals surface area contributed by atoms with E-state index in [9.17, 15) is 0 Å². The summed E-state index contributed by atoms with van der Waals surface area (Å²) >= 11 is 7.55. The number of aryl methyl sites for hydroxylation is 1. The number of halogens is 1. The first-order valence-corrected chi connectivity index (χ1v) is 7.83. The summed E-state index contributed by atoms with van der Waals surface area (Å²) in [6.07, 6.45) is 2.67. The standard InChI is InChI=1S/C15H18ClN3S/c1-3-13(17)14(11-4-6-12(16)7-5-11)20-15-18-9-8-10(2)19-15/h4-9,13-14H,3,17H2,1-2H3. The van der Waals surface area contributed by atoms with Gasteiger partial charge in [-0.2, -0.15) is 0 Å². The maximum atomic E-state index is 6.26. The van der Waals surface area contributed by atoms with Gasteiger partial charge in [0.15, 0.2) is 5.16 Å². The second kappa shape index (κ2) is 7.07. The van der Waals surface area contributed by atoms with Crippen LogP contribution in [0.25, 0.3) is 0 Å². The van der Waals surface area contributed by atoms with Crippen molar-refractivity contribution in [3.8, 4) is 0 Å². The highest BCUT2D eigenvalue weighted by atomic mass is 35.5. The quantitative estimate of drug-likeness (QED) is 0.670. The van der Waals surface area contributed by atoms with E-state index in [0.29, 0.717) is 0 Å². The number of thioether (sulfide) groups is 1. The Morgan fingerprint density at radius 2 is 1.95 bits per heavy atom. The average Bonchev–Trinajstić information content (AvgIpc) is 2.45. The fourth-order valence-corrected chi connectivity index (χ4v) is 3.20. The second-order valence-electron chi connectivity index (χ2n) is 4.64. The van der Waals surface area contributed by atoms with E-state index in [1.54, 1.807) is 18.0 Å². The van der Waals surface area contributed by atoms with Crippen LogP contribution >= 0.6 is 23.4 Å². The molecule has 0 fully saturated rings. The summed E-state index contributed by atoms with van der Waals surface area (Å²) < 4.78 is 0. The SMILES string of the molecule is CCC(N)C(Sc1nccc(C)n1)c1ccc(Cl)cc1. The van der Waals surface area contributed by atoms with Crippen LogP contribution < -0.4 is 5.73 Å². The zero-order chi connectivity index (χ0) is 14.5. The van der Waals surface area contributed by atoms with Crippen molar-refractivity contribution in [3.05, 3.63) is 52.8 Å². The number of rotatable bonds is 5. The largest absolute Gasteiger partial charge is 0.326 e. The van der Waals surface area contributed by atoms with Gasteiger partial charge >= 0.3 is 0 Å². The number of hydrogen-bond acceptors (Lipinski definition) is 4. The molecule has 2 N–H and O–H groups in total. The van der Waals surface area contributed by atoms with Gasteiger partial charge in [-0.1, -0.05) is 42.4 Å². The Labute approximate surface area is 129 Å². The molecule has 0 bridgehead atoms. The van der Waals surface area contributed by atoms with Crippen molar-refractivity contribution in [2.24, 2.45) is 5.73 Å². The van der Waals surface area contributed by atoms with Crippen molar-refractivity contribution in [1.82, 2.24) is 9.97 Å². The van der Waals surface area contributed by atoms with Crippen LogP contribution in [-0.2, 0) is 0 Å². The van der Waals surface area contributed by atoms with E-state index >= 15 is 0 Å². The smallest absolute Gasteiger partial charge is 0.188 e. The minimum atomic E-state index is 0.0466. The average molecular weight is 308 g/mol. The second-order valence-corrected chi connectivity index (χ2v) is 6.19. The molecule has 1 aromatic carbocycles.